The van der Waals surface area contributed by atoms with Crippen molar-refractivity contribution in [2.24, 2.45) is 0 Å². The molecule has 2 aromatic rings. The predicted molar refractivity (Wildman–Crippen MR) is 88.7 cm³/mol. The van der Waals surface area contributed by atoms with Crippen molar-refractivity contribution in [3.05, 3.63) is 41.0 Å². The number of hydrogen-bond acceptors (Lipinski definition) is 3. The average Bonchev–Trinajstić information content (AvgIpc) is 3.34. The second-order valence-corrected chi connectivity index (χ2v) is 6.39. The summed E-state index contributed by atoms with van der Waals surface area (Å²) in [4.78, 5) is 6.96. The molecule has 0 amide bonds. The highest BCUT2D eigenvalue weighted by Crippen LogP contribution is 2.27. The Bertz CT molecular complexity index is 624. The fourth-order valence-corrected chi connectivity index (χ4v) is 2.96. The van der Waals surface area contributed by atoms with Crippen LogP contribution in [0.1, 0.15) is 25.3 Å². The summed E-state index contributed by atoms with van der Waals surface area (Å²) in [5.41, 5.74) is 2.21. The van der Waals surface area contributed by atoms with Gasteiger partial charge in [0.1, 0.15) is 0 Å². The molecule has 21 heavy (non-hydrogen) atoms. The molecule has 0 spiro atoms. The number of nitrogens with zero attached hydrogens (tertiary/aromatic N) is 2. The normalized spacial score (nSPS) is 16.6. The van der Waals surface area contributed by atoms with Crippen molar-refractivity contribution in [2.75, 3.05) is 13.6 Å². The van der Waals surface area contributed by atoms with Crippen LogP contribution in [0.5, 0.6) is 0 Å². The van der Waals surface area contributed by atoms with Crippen LogP contribution < -0.4 is 5.32 Å². The predicted octanol–water partition coefficient (Wildman–Crippen LogP) is 3.46. The first-order valence-corrected chi connectivity index (χ1v) is 7.99. The van der Waals surface area contributed by atoms with E-state index in [2.05, 4.69) is 35.2 Å². The van der Waals surface area contributed by atoms with Crippen LogP contribution in [0.25, 0.3) is 10.9 Å². The molecule has 3 nitrogen and oxygen atoms in total. The van der Waals surface area contributed by atoms with E-state index in [-0.39, 0.29) is 0 Å². The molecule has 1 saturated carbocycles. The van der Waals surface area contributed by atoms with Gasteiger partial charge in [-0.3, -0.25) is 9.88 Å². The maximum atomic E-state index is 6.23. The van der Waals surface area contributed by atoms with Crippen molar-refractivity contribution in [1.82, 2.24) is 15.2 Å². The van der Waals surface area contributed by atoms with Gasteiger partial charge in [-0.2, -0.15) is 0 Å². The summed E-state index contributed by atoms with van der Waals surface area (Å²) in [6, 6.07) is 9.35. The van der Waals surface area contributed by atoms with Crippen LogP contribution in [-0.2, 0) is 6.54 Å². The molecule has 1 heterocycles. The van der Waals surface area contributed by atoms with Crippen LogP contribution in [0.3, 0.4) is 0 Å². The summed E-state index contributed by atoms with van der Waals surface area (Å²) in [5, 5.41) is 5.35. The van der Waals surface area contributed by atoms with Gasteiger partial charge in [0.25, 0.3) is 0 Å². The van der Waals surface area contributed by atoms with Crippen molar-refractivity contribution in [3.8, 4) is 0 Å². The largest absolute Gasteiger partial charge is 0.311 e. The lowest BCUT2D eigenvalue weighted by atomic mass is 10.1. The van der Waals surface area contributed by atoms with Gasteiger partial charge in [-0.05, 0) is 50.6 Å². The number of nitrogens with one attached hydrogen (secondary N) is 1. The highest BCUT2D eigenvalue weighted by Gasteiger charge is 2.28. The summed E-state index contributed by atoms with van der Waals surface area (Å²) in [7, 11) is 2.23. The summed E-state index contributed by atoms with van der Waals surface area (Å²) in [6.07, 6.45) is 4.53. The van der Waals surface area contributed by atoms with Gasteiger partial charge in [0.2, 0.25) is 0 Å². The standard InChI is InChI=1S/C17H22ClN3/c1-12(21(2)14-6-7-14)10-19-11-13-5-8-16(18)15-4-3-9-20-17(13)15/h3-5,8-9,12,14,19H,6-7,10-11H2,1-2H3. The lowest BCUT2D eigenvalue weighted by Gasteiger charge is -2.24. The third-order valence-electron chi connectivity index (χ3n) is 4.37. The maximum absolute atomic E-state index is 6.23. The minimum absolute atomic E-state index is 0.559. The molecule has 1 N–H and O–H groups in total. The fraction of sp³-hybridized carbons (Fsp3) is 0.471. The number of fused-ring (bicyclic) bond motifs is 1. The number of benzene rings is 1. The third-order valence-corrected chi connectivity index (χ3v) is 4.70. The zero-order valence-electron chi connectivity index (χ0n) is 12.6. The van der Waals surface area contributed by atoms with Gasteiger partial charge in [0.05, 0.1) is 5.52 Å². The van der Waals surface area contributed by atoms with E-state index < -0.39 is 0 Å². The monoisotopic (exact) mass is 303 g/mol. The van der Waals surface area contributed by atoms with Gasteiger partial charge in [-0.1, -0.05) is 17.7 Å². The highest BCUT2D eigenvalue weighted by molar-refractivity contribution is 6.35. The number of likely N-dealkylation sites (N-methyl/N-ethyl adjacent to an activating group) is 1. The van der Waals surface area contributed by atoms with E-state index in [4.69, 9.17) is 11.6 Å². The Morgan fingerprint density at radius 2 is 2.19 bits per heavy atom. The van der Waals surface area contributed by atoms with Crippen LogP contribution in [-0.4, -0.2) is 35.6 Å². The molecule has 1 aromatic carbocycles. The Labute approximate surface area is 131 Å². The third kappa shape index (κ3) is 3.37. The second kappa shape index (κ2) is 6.30. The van der Waals surface area contributed by atoms with E-state index in [9.17, 15) is 0 Å². The van der Waals surface area contributed by atoms with Crippen LogP contribution in [0, 0.1) is 0 Å². The highest BCUT2D eigenvalue weighted by atomic mass is 35.5. The van der Waals surface area contributed by atoms with E-state index in [1.54, 1.807) is 0 Å². The lowest BCUT2D eigenvalue weighted by molar-refractivity contribution is 0.241. The molecule has 1 atom stereocenters. The number of aromatic nitrogens is 1. The Morgan fingerprint density at radius 3 is 2.95 bits per heavy atom. The fourth-order valence-electron chi connectivity index (χ4n) is 2.74. The van der Waals surface area contributed by atoms with Gasteiger partial charge < -0.3 is 5.32 Å². The summed E-state index contributed by atoms with van der Waals surface area (Å²) < 4.78 is 0. The van der Waals surface area contributed by atoms with Crippen molar-refractivity contribution < 1.29 is 0 Å². The summed E-state index contributed by atoms with van der Waals surface area (Å²) >= 11 is 6.23. The molecule has 0 saturated heterocycles. The van der Waals surface area contributed by atoms with Gasteiger partial charge in [-0.25, -0.2) is 0 Å². The lowest BCUT2D eigenvalue weighted by Crippen LogP contribution is -2.38. The number of hydrogen-bond donors (Lipinski definition) is 1. The van der Waals surface area contributed by atoms with Crippen LogP contribution >= 0.6 is 11.6 Å². The first-order chi connectivity index (χ1) is 10.2. The maximum Gasteiger partial charge on any atom is 0.0761 e. The van der Waals surface area contributed by atoms with Gasteiger partial charge in [-0.15, -0.1) is 0 Å². The van der Waals surface area contributed by atoms with E-state index in [0.29, 0.717) is 6.04 Å². The molecule has 1 aromatic heterocycles. The van der Waals surface area contributed by atoms with Crippen molar-refractivity contribution >= 4 is 22.5 Å². The molecule has 0 radical (unpaired) electrons. The molecule has 112 valence electrons. The van der Waals surface area contributed by atoms with Crippen molar-refractivity contribution in [1.29, 1.82) is 0 Å². The Hall–Kier alpha value is -1.16. The summed E-state index contributed by atoms with van der Waals surface area (Å²) in [6.45, 7) is 4.10. The zero-order valence-corrected chi connectivity index (χ0v) is 13.4. The molecule has 3 rings (SSSR count). The Balaban J connectivity index is 1.64. The minimum Gasteiger partial charge on any atom is -0.311 e. The molecule has 0 bridgehead atoms. The molecular formula is C17H22ClN3. The zero-order chi connectivity index (χ0) is 14.8. The van der Waals surface area contributed by atoms with Crippen LogP contribution in [0.2, 0.25) is 5.02 Å². The first-order valence-electron chi connectivity index (χ1n) is 7.61. The van der Waals surface area contributed by atoms with Crippen LogP contribution in [0.4, 0.5) is 0 Å². The number of pyridine rings is 1. The first kappa shape index (κ1) is 14.8. The molecule has 0 aliphatic heterocycles. The summed E-state index contributed by atoms with van der Waals surface area (Å²) in [5.74, 6) is 0. The van der Waals surface area contributed by atoms with E-state index in [1.807, 2.05) is 24.4 Å². The minimum atomic E-state index is 0.559. The Morgan fingerprint density at radius 1 is 1.38 bits per heavy atom. The Kier molecular flexibility index (Phi) is 4.43. The molecule has 1 aliphatic carbocycles. The smallest absolute Gasteiger partial charge is 0.0761 e. The van der Waals surface area contributed by atoms with E-state index in [0.717, 1.165) is 35.1 Å². The van der Waals surface area contributed by atoms with Crippen molar-refractivity contribution in [3.63, 3.8) is 0 Å². The van der Waals surface area contributed by atoms with Gasteiger partial charge in [0.15, 0.2) is 0 Å². The molecular weight excluding hydrogens is 282 g/mol. The van der Waals surface area contributed by atoms with E-state index >= 15 is 0 Å². The topological polar surface area (TPSA) is 28.2 Å². The second-order valence-electron chi connectivity index (χ2n) is 5.98. The number of halogens is 1. The van der Waals surface area contributed by atoms with Crippen molar-refractivity contribution in [2.45, 2.75) is 38.4 Å². The molecule has 1 aliphatic rings. The number of rotatable bonds is 6. The molecule has 1 fully saturated rings. The molecule has 1 unspecified atom stereocenters. The quantitative estimate of drug-likeness (QED) is 0.886. The van der Waals surface area contributed by atoms with E-state index in [1.165, 1.54) is 18.4 Å². The van der Waals surface area contributed by atoms with Crippen LogP contribution in [0.15, 0.2) is 30.5 Å². The SMILES string of the molecule is CC(CNCc1ccc(Cl)c2cccnc12)N(C)C1CC1. The molecule has 4 heteroatoms. The van der Waals surface area contributed by atoms with Gasteiger partial charge in [0, 0.05) is 41.8 Å². The average molecular weight is 304 g/mol. The van der Waals surface area contributed by atoms with Gasteiger partial charge >= 0.3 is 0 Å².